The summed E-state index contributed by atoms with van der Waals surface area (Å²) in [5.41, 5.74) is -0.840. The molecule has 49 heavy (non-hydrogen) atoms. The highest BCUT2D eigenvalue weighted by atomic mass is 16.7. The molecule has 16 atom stereocenters. The Kier molecular flexibility index (Phi) is 11.7. The minimum absolute atomic E-state index is 0.00169. The first kappa shape index (κ1) is 38.3. The van der Waals surface area contributed by atoms with E-state index in [-0.39, 0.29) is 65.8 Å². The summed E-state index contributed by atoms with van der Waals surface area (Å²) < 4.78 is 22.7. The molecule has 4 N–H and O–H groups in total. The van der Waals surface area contributed by atoms with Gasteiger partial charge in [0.15, 0.2) is 6.29 Å². The zero-order valence-electron chi connectivity index (χ0n) is 29.9. The molecule has 5 aliphatic rings. The van der Waals surface area contributed by atoms with Gasteiger partial charge in [0.1, 0.15) is 48.2 Å². The van der Waals surface area contributed by atoms with Crippen LogP contribution in [0.25, 0.3) is 0 Å². The molecule has 5 rings (SSSR count). The SMILES string of the molecule is CC(=O)O[C@H]1CC[C@]2(C)C3CC(=O)[C@@]4(C)C(C[C@H](OC(C)=O)C4[C@H](C)C(=O)CC[C@@H](C)CO[C@H]4O[C@@H](CO)[C@H](O)[C@@H](O)[C@@H]4O)C3CC[C@H]2C1. The lowest BCUT2D eigenvalue weighted by Gasteiger charge is -2.60. The number of ether oxygens (including phenoxy) is 4. The van der Waals surface area contributed by atoms with E-state index in [1.54, 1.807) is 0 Å². The number of hydrogen-bond acceptors (Lipinski definition) is 12. The van der Waals surface area contributed by atoms with E-state index in [1.807, 2.05) is 20.8 Å². The Morgan fingerprint density at radius 3 is 2.29 bits per heavy atom. The molecule has 1 heterocycles. The Bertz CT molecular complexity index is 1240. The number of rotatable bonds is 11. The van der Waals surface area contributed by atoms with Crippen LogP contribution in [0.5, 0.6) is 0 Å². The highest BCUT2D eigenvalue weighted by Crippen LogP contribution is 2.67. The Hall–Kier alpha value is -1.96. The van der Waals surface area contributed by atoms with Gasteiger partial charge in [0, 0.05) is 43.9 Å². The van der Waals surface area contributed by atoms with E-state index < -0.39 is 66.6 Å². The molecule has 0 aromatic rings. The fraction of sp³-hybridized carbons (Fsp3) is 0.892. The lowest BCUT2D eigenvalue weighted by Crippen LogP contribution is -2.59. The van der Waals surface area contributed by atoms with Crippen molar-refractivity contribution < 1.29 is 58.6 Å². The zero-order chi connectivity index (χ0) is 36.0. The van der Waals surface area contributed by atoms with E-state index in [2.05, 4.69) is 6.92 Å². The molecule has 4 unspecified atom stereocenters. The average molecular weight is 695 g/mol. The number of hydrogen-bond donors (Lipinski definition) is 4. The van der Waals surface area contributed by atoms with Gasteiger partial charge in [0.2, 0.25) is 0 Å². The molecule has 4 aliphatic carbocycles. The van der Waals surface area contributed by atoms with Crippen LogP contribution in [-0.2, 0) is 38.1 Å². The van der Waals surface area contributed by atoms with Crippen molar-refractivity contribution in [3.05, 3.63) is 0 Å². The number of carbonyl (C=O) groups is 4. The molecule has 1 aliphatic heterocycles. The van der Waals surface area contributed by atoms with E-state index in [0.29, 0.717) is 25.2 Å². The van der Waals surface area contributed by atoms with Gasteiger partial charge in [-0.05, 0) is 80.0 Å². The Labute approximate surface area is 289 Å². The number of aliphatic hydroxyl groups excluding tert-OH is 4. The van der Waals surface area contributed by atoms with Crippen LogP contribution in [0.1, 0.15) is 99.3 Å². The van der Waals surface area contributed by atoms with Gasteiger partial charge in [0.05, 0.1) is 13.2 Å². The number of carbonyl (C=O) groups excluding carboxylic acids is 4. The molecule has 278 valence electrons. The molecule has 0 radical (unpaired) electrons. The lowest BCUT2D eigenvalue weighted by molar-refractivity contribution is -0.303. The second-order valence-electron chi connectivity index (χ2n) is 16.4. The summed E-state index contributed by atoms with van der Waals surface area (Å²) in [4.78, 5) is 52.3. The molecule has 0 amide bonds. The summed E-state index contributed by atoms with van der Waals surface area (Å²) in [5, 5.41) is 39.8. The maximum absolute atomic E-state index is 14.4. The van der Waals surface area contributed by atoms with Crippen molar-refractivity contribution in [1.82, 2.24) is 0 Å². The summed E-state index contributed by atoms with van der Waals surface area (Å²) in [6.45, 7) is 10.5. The van der Waals surface area contributed by atoms with Gasteiger partial charge in [-0.2, -0.15) is 0 Å². The zero-order valence-corrected chi connectivity index (χ0v) is 29.9. The smallest absolute Gasteiger partial charge is 0.302 e. The average Bonchev–Trinajstić information content (AvgIpc) is 3.34. The van der Waals surface area contributed by atoms with Gasteiger partial charge >= 0.3 is 11.9 Å². The molecule has 4 saturated carbocycles. The van der Waals surface area contributed by atoms with E-state index >= 15 is 0 Å². The molecule has 0 bridgehead atoms. The van der Waals surface area contributed by atoms with Gasteiger partial charge in [-0.1, -0.05) is 27.7 Å². The Balaban J connectivity index is 1.25. The van der Waals surface area contributed by atoms with Crippen molar-refractivity contribution in [1.29, 1.82) is 0 Å². The minimum atomic E-state index is -1.53. The molecule has 12 nitrogen and oxygen atoms in total. The number of Topliss-reactive ketones (excluding diaryl/α,β-unsaturated/α-hetero) is 2. The van der Waals surface area contributed by atoms with E-state index in [1.165, 1.54) is 13.8 Å². The molecule has 12 heteroatoms. The fourth-order valence-corrected chi connectivity index (χ4v) is 10.9. The maximum atomic E-state index is 14.4. The number of aliphatic hydroxyl groups is 4. The summed E-state index contributed by atoms with van der Waals surface area (Å²) in [7, 11) is 0. The van der Waals surface area contributed by atoms with Crippen LogP contribution in [0.2, 0.25) is 0 Å². The molecule has 1 saturated heterocycles. The normalized spacial score (nSPS) is 44.6. The number of ketones is 2. The van der Waals surface area contributed by atoms with Crippen molar-refractivity contribution in [2.45, 2.75) is 142 Å². The molecular weight excluding hydrogens is 636 g/mol. The van der Waals surface area contributed by atoms with E-state index in [0.717, 1.165) is 32.1 Å². The Morgan fingerprint density at radius 1 is 0.939 bits per heavy atom. The third kappa shape index (κ3) is 7.24. The largest absolute Gasteiger partial charge is 0.463 e. The van der Waals surface area contributed by atoms with Gasteiger partial charge < -0.3 is 39.4 Å². The molecule has 0 aromatic carbocycles. The van der Waals surface area contributed by atoms with Crippen molar-refractivity contribution in [3.8, 4) is 0 Å². The van der Waals surface area contributed by atoms with Crippen molar-refractivity contribution in [3.63, 3.8) is 0 Å². The summed E-state index contributed by atoms with van der Waals surface area (Å²) >= 11 is 0. The van der Waals surface area contributed by atoms with Crippen molar-refractivity contribution >= 4 is 23.5 Å². The predicted octanol–water partition coefficient (Wildman–Crippen LogP) is 2.74. The van der Waals surface area contributed by atoms with Crippen molar-refractivity contribution in [2.24, 2.45) is 52.3 Å². The fourth-order valence-electron chi connectivity index (χ4n) is 10.9. The van der Waals surface area contributed by atoms with Crippen LogP contribution < -0.4 is 0 Å². The minimum Gasteiger partial charge on any atom is -0.463 e. The van der Waals surface area contributed by atoms with Crippen LogP contribution in [0.3, 0.4) is 0 Å². The Morgan fingerprint density at radius 2 is 1.63 bits per heavy atom. The molecular formula is C37H58O12. The highest BCUT2D eigenvalue weighted by molar-refractivity contribution is 5.89. The summed E-state index contributed by atoms with van der Waals surface area (Å²) in [6.07, 6.45) is -1.27. The first-order valence-electron chi connectivity index (χ1n) is 18.3. The summed E-state index contributed by atoms with van der Waals surface area (Å²) in [5.74, 6) is -0.779. The van der Waals surface area contributed by atoms with Gasteiger partial charge in [-0.15, -0.1) is 0 Å². The van der Waals surface area contributed by atoms with Crippen LogP contribution in [-0.4, -0.2) is 100 Å². The standard InChI is InChI=1S/C37H58O12/c1-18(17-46-35-34(45)33(44)32(43)29(16-38)49-35)7-10-27(41)19(2)31-28(48-21(4)40)14-26-24-9-8-22-13-23(47-20(3)39)11-12-36(22,5)25(24)15-30(42)37(26,31)6/h18-19,22-26,28-29,31-35,38,43-45H,7-17H2,1-6H3/t18-,19-,22+,23+,24?,25?,26?,28+,29+,31?,32+,33-,34+,35+,36+,37-/m1/s1. The maximum Gasteiger partial charge on any atom is 0.302 e. The quantitative estimate of drug-likeness (QED) is 0.232. The first-order chi connectivity index (χ1) is 23.0. The van der Waals surface area contributed by atoms with Crippen LogP contribution in [0, 0.1) is 52.3 Å². The lowest BCUT2D eigenvalue weighted by atomic mass is 9.44. The summed E-state index contributed by atoms with van der Waals surface area (Å²) in [6, 6.07) is 0. The van der Waals surface area contributed by atoms with Crippen LogP contribution >= 0.6 is 0 Å². The number of fused-ring (bicyclic) bond motifs is 5. The van der Waals surface area contributed by atoms with E-state index in [4.69, 9.17) is 18.9 Å². The topological polar surface area (TPSA) is 186 Å². The van der Waals surface area contributed by atoms with Gasteiger partial charge in [0.25, 0.3) is 0 Å². The molecule has 0 aromatic heterocycles. The third-order valence-corrected chi connectivity index (χ3v) is 13.5. The van der Waals surface area contributed by atoms with Gasteiger partial charge in [-0.25, -0.2) is 0 Å². The van der Waals surface area contributed by atoms with Crippen LogP contribution in [0.15, 0.2) is 0 Å². The third-order valence-electron chi connectivity index (χ3n) is 13.5. The predicted molar refractivity (Wildman–Crippen MR) is 174 cm³/mol. The monoisotopic (exact) mass is 694 g/mol. The second-order valence-corrected chi connectivity index (χ2v) is 16.4. The molecule has 5 fully saturated rings. The highest BCUT2D eigenvalue weighted by Gasteiger charge is 2.67. The number of esters is 2. The van der Waals surface area contributed by atoms with Gasteiger partial charge in [-0.3, -0.25) is 19.2 Å². The first-order valence-corrected chi connectivity index (χ1v) is 18.3. The van der Waals surface area contributed by atoms with Crippen molar-refractivity contribution in [2.75, 3.05) is 13.2 Å². The molecule has 0 spiro atoms. The van der Waals surface area contributed by atoms with Crippen LogP contribution in [0.4, 0.5) is 0 Å². The van der Waals surface area contributed by atoms with E-state index in [9.17, 15) is 39.6 Å². The second kappa shape index (κ2) is 14.9.